The van der Waals surface area contributed by atoms with E-state index in [4.69, 9.17) is 0 Å². The first-order chi connectivity index (χ1) is 13.2. The van der Waals surface area contributed by atoms with Gasteiger partial charge >= 0.3 is 5.69 Å². The van der Waals surface area contributed by atoms with Crippen LogP contribution in [0.5, 0.6) is 0 Å². The first kappa shape index (κ1) is 17.9. The number of hydrogen-bond acceptors (Lipinski definition) is 4. The normalized spacial score (nSPS) is 13.4. The van der Waals surface area contributed by atoms with Gasteiger partial charge in [0.15, 0.2) is 0 Å². The van der Waals surface area contributed by atoms with Crippen molar-refractivity contribution in [2.45, 2.75) is 43.0 Å². The number of aromatic nitrogens is 3. The summed E-state index contributed by atoms with van der Waals surface area (Å²) in [5.41, 5.74) is 3.42. The molecule has 0 saturated carbocycles. The third kappa shape index (κ3) is 3.95. The molecule has 1 aromatic carbocycles. The van der Waals surface area contributed by atoms with Gasteiger partial charge in [-0.05, 0) is 49.4 Å². The smallest absolute Gasteiger partial charge is 0.290 e. The average molecular weight is 381 g/mol. The van der Waals surface area contributed by atoms with E-state index in [0.29, 0.717) is 17.9 Å². The second-order valence-corrected chi connectivity index (χ2v) is 7.58. The highest BCUT2D eigenvalue weighted by molar-refractivity contribution is 7.98. The first-order valence-electron chi connectivity index (χ1n) is 9.11. The summed E-state index contributed by atoms with van der Waals surface area (Å²) in [6.45, 7) is 0.438. The highest BCUT2D eigenvalue weighted by Crippen LogP contribution is 2.31. The second-order valence-electron chi connectivity index (χ2n) is 6.62. The second kappa shape index (κ2) is 8.05. The molecule has 0 radical (unpaired) electrons. The van der Waals surface area contributed by atoms with Crippen molar-refractivity contribution in [2.75, 3.05) is 0 Å². The molecule has 0 bridgehead atoms. The van der Waals surface area contributed by atoms with Crippen LogP contribution in [0.25, 0.3) is 0 Å². The minimum Gasteiger partial charge on any atom is -0.290 e. The van der Waals surface area contributed by atoms with Crippen molar-refractivity contribution in [3.63, 3.8) is 0 Å². The zero-order valence-electron chi connectivity index (χ0n) is 14.9. The largest absolute Gasteiger partial charge is 0.349 e. The molecule has 4 nitrogen and oxygen atoms in total. The van der Waals surface area contributed by atoms with Crippen LogP contribution < -0.4 is 5.69 Å². The van der Waals surface area contributed by atoms with Gasteiger partial charge in [-0.2, -0.15) is 4.98 Å². The van der Waals surface area contributed by atoms with Crippen LogP contribution in [0.4, 0.5) is 4.39 Å². The maximum Gasteiger partial charge on any atom is 0.349 e. The molecule has 138 valence electrons. The molecule has 0 unspecified atom stereocenters. The lowest BCUT2D eigenvalue weighted by atomic mass is 9.97. The maximum atomic E-state index is 13.9. The number of pyridine rings is 1. The van der Waals surface area contributed by atoms with Crippen LogP contribution >= 0.6 is 11.8 Å². The molecule has 0 amide bonds. The summed E-state index contributed by atoms with van der Waals surface area (Å²) >= 11 is 1.45. The van der Waals surface area contributed by atoms with E-state index in [0.717, 1.165) is 47.7 Å². The van der Waals surface area contributed by atoms with Crippen LogP contribution in [0.15, 0.2) is 58.5 Å². The summed E-state index contributed by atoms with van der Waals surface area (Å²) in [5, 5.41) is 0.746. The van der Waals surface area contributed by atoms with E-state index in [2.05, 4.69) is 9.97 Å². The zero-order chi connectivity index (χ0) is 18.6. The molecule has 0 saturated heterocycles. The lowest BCUT2D eigenvalue weighted by molar-refractivity contribution is 0.565. The number of nitrogens with zero attached hydrogens (tertiary/aromatic N) is 3. The molecular formula is C21H20FN3OS. The van der Waals surface area contributed by atoms with E-state index in [-0.39, 0.29) is 11.5 Å². The minimum atomic E-state index is -0.252. The molecule has 2 heterocycles. The van der Waals surface area contributed by atoms with Crippen molar-refractivity contribution >= 4 is 11.8 Å². The zero-order valence-corrected chi connectivity index (χ0v) is 15.7. The first-order valence-corrected chi connectivity index (χ1v) is 10.1. The maximum absolute atomic E-state index is 13.9. The van der Waals surface area contributed by atoms with Gasteiger partial charge in [-0.15, -0.1) is 11.8 Å². The highest BCUT2D eigenvalue weighted by Gasteiger charge is 2.21. The molecule has 0 atom stereocenters. The lowest BCUT2D eigenvalue weighted by Gasteiger charge is -2.22. The SMILES string of the molecule is O=c1nc(SCc2ccccc2F)c2c(n1Cc1ccccn1)CCCC2. The Morgan fingerprint density at radius 3 is 2.70 bits per heavy atom. The molecule has 0 aliphatic heterocycles. The van der Waals surface area contributed by atoms with Gasteiger partial charge in [0.2, 0.25) is 0 Å². The predicted molar refractivity (Wildman–Crippen MR) is 104 cm³/mol. The summed E-state index contributed by atoms with van der Waals surface area (Å²) in [6.07, 6.45) is 5.66. The van der Waals surface area contributed by atoms with E-state index in [9.17, 15) is 9.18 Å². The van der Waals surface area contributed by atoms with Gasteiger partial charge in [-0.25, -0.2) is 9.18 Å². The lowest BCUT2D eigenvalue weighted by Crippen LogP contribution is -2.30. The molecule has 0 fully saturated rings. The molecule has 3 aromatic rings. The fourth-order valence-electron chi connectivity index (χ4n) is 3.45. The van der Waals surface area contributed by atoms with E-state index in [1.807, 2.05) is 24.3 Å². The molecular weight excluding hydrogens is 361 g/mol. The van der Waals surface area contributed by atoms with Crippen molar-refractivity contribution in [3.8, 4) is 0 Å². The van der Waals surface area contributed by atoms with E-state index in [1.54, 1.807) is 22.9 Å². The number of thioether (sulfide) groups is 1. The third-order valence-electron chi connectivity index (χ3n) is 4.82. The van der Waals surface area contributed by atoms with Gasteiger partial charge in [-0.3, -0.25) is 9.55 Å². The Labute approximate surface area is 161 Å². The van der Waals surface area contributed by atoms with Crippen molar-refractivity contribution < 1.29 is 4.39 Å². The van der Waals surface area contributed by atoms with Crippen LogP contribution in [0.1, 0.15) is 35.4 Å². The standard InChI is InChI=1S/C21H20FN3OS/c22-18-10-3-1-7-15(18)14-27-20-17-9-2-4-11-19(17)25(21(26)24-20)13-16-8-5-6-12-23-16/h1,3,5-8,10,12H,2,4,9,11,13-14H2. The Kier molecular flexibility index (Phi) is 5.34. The molecule has 6 heteroatoms. The highest BCUT2D eigenvalue weighted by atomic mass is 32.2. The number of rotatable bonds is 5. The summed E-state index contributed by atoms with van der Waals surface area (Å²) in [5.74, 6) is 0.248. The van der Waals surface area contributed by atoms with Crippen molar-refractivity contribution in [1.29, 1.82) is 0 Å². The summed E-state index contributed by atoms with van der Waals surface area (Å²) in [7, 11) is 0. The molecule has 1 aliphatic carbocycles. The summed E-state index contributed by atoms with van der Waals surface area (Å²) in [4.78, 5) is 21.4. The van der Waals surface area contributed by atoms with E-state index in [1.165, 1.54) is 17.8 Å². The van der Waals surface area contributed by atoms with E-state index >= 15 is 0 Å². The van der Waals surface area contributed by atoms with Crippen molar-refractivity contribution in [3.05, 3.63) is 87.5 Å². The number of fused-ring (bicyclic) bond motifs is 1. The van der Waals surface area contributed by atoms with Gasteiger partial charge in [0.1, 0.15) is 10.8 Å². The Morgan fingerprint density at radius 2 is 1.89 bits per heavy atom. The minimum absolute atomic E-state index is 0.220. The third-order valence-corrected chi connectivity index (χ3v) is 5.89. The van der Waals surface area contributed by atoms with Crippen LogP contribution in [-0.2, 0) is 25.1 Å². The Hall–Kier alpha value is -2.47. The summed E-state index contributed by atoms with van der Waals surface area (Å²) in [6, 6.07) is 12.5. The quantitative estimate of drug-likeness (QED) is 0.495. The molecule has 2 aromatic heterocycles. The Balaban J connectivity index is 1.66. The van der Waals surface area contributed by atoms with E-state index < -0.39 is 0 Å². The Bertz CT molecular complexity index is 1000. The van der Waals surface area contributed by atoms with Crippen molar-refractivity contribution in [1.82, 2.24) is 14.5 Å². The molecule has 0 N–H and O–H groups in total. The van der Waals surface area contributed by atoms with Crippen molar-refractivity contribution in [2.24, 2.45) is 0 Å². The van der Waals surface area contributed by atoms with Gasteiger partial charge in [0.05, 0.1) is 12.2 Å². The molecule has 1 aliphatic rings. The molecule has 27 heavy (non-hydrogen) atoms. The molecule has 4 rings (SSSR count). The predicted octanol–water partition coefficient (Wildman–Crippen LogP) is 4.00. The average Bonchev–Trinajstić information content (AvgIpc) is 2.70. The fourth-order valence-corrected chi connectivity index (χ4v) is 4.51. The van der Waals surface area contributed by atoms with Gasteiger partial charge in [0.25, 0.3) is 0 Å². The number of hydrogen-bond donors (Lipinski definition) is 0. The number of benzene rings is 1. The van der Waals surface area contributed by atoms with Gasteiger partial charge in [-0.1, -0.05) is 24.3 Å². The number of halogens is 1. The van der Waals surface area contributed by atoms with Crippen LogP contribution in [0.2, 0.25) is 0 Å². The van der Waals surface area contributed by atoms with Crippen LogP contribution in [0.3, 0.4) is 0 Å². The molecule has 0 spiro atoms. The van der Waals surface area contributed by atoms with Crippen LogP contribution in [-0.4, -0.2) is 14.5 Å². The topological polar surface area (TPSA) is 47.8 Å². The van der Waals surface area contributed by atoms with Gasteiger partial charge in [0, 0.05) is 23.2 Å². The summed E-state index contributed by atoms with van der Waals surface area (Å²) < 4.78 is 15.7. The Morgan fingerprint density at radius 1 is 1.07 bits per heavy atom. The van der Waals surface area contributed by atoms with Gasteiger partial charge < -0.3 is 0 Å². The fraction of sp³-hybridized carbons (Fsp3) is 0.286. The van der Waals surface area contributed by atoms with Crippen LogP contribution in [0, 0.1) is 5.82 Å². The monoisotopic (exact) mass is 381 g/mol.